The van der Waals surface area contributed by atoms with E-state index in [4.69, 9.17) is 5.73 Å². The van der Waals surface area contributed by atoms with Gasteiger partial charge in [-0.25, -0.2) is 9.97 Å². The molecule has 122 valence electrons. The number of nitrogens with two attached hydrogens (primary N) is 1. The molecule has 2 N–H and O–H groups in total. The van der Waals surface area contributed by atoms with Crippen LogP contribution in [-0.2, 0) is 0 Å². The van der Waals surface area contributed by atoms with Crippen molar-refractivity contribution in [2.45, 2.75) is 0 Å². The Morgan fingerprint density at radius 2 is 1.67 bits per heavy atom. The lowest BCUT2D eigenvalue weighted by molar-refractivity contribution is 0.313. The molecule has 0 atom stereocenters. The number of nitrogen functional groups attached to an aromatic ring is 1. The summed E-state index contributed by atoms with van der Waals surface area (Å²) in [5.41, 5.74) is 10.6. The number of likely N-dealkylation sites (N-methyl/N-ethyl adjacent to an activating group) is 1. The highest BCUT2D eigenvalue weighted by atomic mass is 15.2. The maximum atomic E-state index is 6.03. The normalized spacial score (nSPS) is 15.8. The third-order valence-corrected chi connectivity index (χ3v) is 4.51. The second kappa shape index (κ2) is 6.05. The van der Waals surface area contributed by atoms with Crippen LogP contribution >= 0.6 is 0 Å². The van der Waals surface area contributed by atoms with E-state index >= 15 is 0 Å². The highest BCUT2D eigenvalue weighted by Crippen LogP contribution is 2.26. The number of hydrogen-bond donors (Lipinski definition) is 1. The van der Waals surface area contributed by atoms with E-state index in [1.54, 1.807) is 12.4 Å². The molecule has 4 rings (SSSR count). The van der Waals surface area contributed by atoms with Crippen molar-refractivity contribution in [3.8, 4) is 11.3 Å². The Hall–Kier alpha value is -2.73. The molecule has 0 aliphatic carbocycles. The van der Waals surface area contributed by atoms with Gasteiger partial charge in [0.1, 0.15) is 5.52 Å². The Balaban J connectivity index is 1.63. The zero-order chi connectivity index (χ0) is 16.5. The number of piperazine rings is 1. The first-order valence-electron chi connectivity index (χ1n) is 8.12. The molecule has 1 fully saturated rings. The molecular formula is C18H20N6. The minimum atomic E-state index is 0.416. The van der Waals surface area contributed by atoms with Gasteiger partial charge in [0.05, 0.1) is 11.2 Å². The first-order chi connectivity index (χ1) is 11.7. The van der Waals surface area contributed by atoms with Crippen LogP contribution < -0.4 is 10.6 Å². The van der Waals surface area contributed by atoms with E-state index in [2.05, 4.69) is 56.1 Å². The van der Waals surface area contributed by atoms with Crippen LogP contribution in [0.1, 0.15) is 0 Å². The van der Waals surface area contributed by atoms with E-state index < -0.39 is 0 Å². The summed E-state index contributed by atoms with van der Waals surface area (Å²) in [6, 6.07) is 10.4. The van der Waals surface area contributed by atoms with Crippen LogP contribution in [0.15, 0.2) is 42.7 Å². The molecule has 1 aromatic carbocycles. The molecule has 2 aromatic heterocycles. The molecule has 6 nitrogen and oxygen atoms in total. The maximum absolute atomic E-state index is 6.03. The van der Waals surface area contributed by atoms with Crippen LogP contribution in [0.25, 0.3) is 22.3 Å². The molecule has 1 aliphatic rings. The predicted octanol–water partition coefficient (Wildman–Crippen LogP) is 2.03. The highest BCUT2D eigenvalue weighted by Gasteiger charge is 2.14. The van der Waals surface area contributed by atoms with Crippen LogP contribution in [-0.4, -0.2) is 53.1 Å². The van der Waals surface area contributed by atoms with Crippen molar-refractivity contribution < 1.29 is 0 Å². The SMILES string of the molecule is CN1CCN(c2ccc(-c3cc4nccnc4c(N)n3)cc2)CC1. The molecule has 3 aromatic rings. The van der Waals surface area contributed by atoms with Crippen molar-refractivity contribution in [3.63, 3.8) is 0 Å². The molecule has 1 saturated heterocycles. The van der Waals surface area contributed by atoms with Crippen molar-refractivity contribution in [2.24, 2.45) is 0 Å². The third kappa shape index (κ3) is 2.76. The van der Waals surface area contributed by atoms with E-state index in [9.17, 15) is 0 Å². The molecule has 0 amide bonds. The summed E-state index contributed by atoms with van der Waals surface area (Å²) in [6.45, 7) is 4.32. The second-order valence-corrected chi connectivity index (χ2v) is 6.15. The van der Waals surface area contributed by atoms with Crippen LogP contribution in [0.5, 0.6) is 0 Å². The fraction of sp³-hybridized carbons (Fsp3) is 0.278. The van der Waals surface area contributed by atoms with Gasteiger partial charge in [0.25, 0.3) is 0 Å². The Morgan fingerprint density at radius 1 is 0.958 bits per heavy atom. The van der Waals surface area contributed by atoms with Crippen molar-refractivity contribution in [2.75, 3.05) is 43.9 Å². The Kier molecular flexibility index (Phi) is 3.74. The van der Waals surface area contributed by atoms with E-state index in [1.165, 1.54) is 5.69 Å². The predicted molar refractivity (Wildman–Crippen MR) is 96.9 cm³/mol. The summed E-state index contributed by atoms with van der Waals surface area (Å²) in [5, 5.41) is 0. The number of nitrogens with zero attached hydrogens (tertiary/aromatic N) is 5. The van der Waals surface area contributed by atoms with Gasteiger partial charge < -0.3 is 15.5 Å². The van der Waals surface area contributed by atoms with Gasteiger partial charge >= 0.3 is 0 Å². The molecule has 0 radical (unpaired) electrons. The van der Waals surface area contributed by atoms with Crippen molar-refractivity contribution in [3.05, 3.63) is 42.7 Å². The third-order valence-electron chi connectivity index (χ3n) is 4.51. The summed E-state index contributed by atoms with van der Waals surface area (Å²) < 4.78 is 0. The van der Waals surface area contributed by atoms with Gasteiger partial charge in [-0.1, -0.05) is 12.1 Å². The Morgan fingerprint density at radius 3 is 2.42 bits per heavy atom. The zero-order valence-electron chi connectivity index (χ0n) is 13.7. The Labute approximate surface area is 141 Å². The van der Waals surface area contributed by atoms with Crippen LogP contribution in [0.4, 0.5) is 11.5 Å². The number of benzene rings is 1. The molecule has 1 aliphatic heterocycles. The molecule has 24 heavy (non-hydrogen) atoms. The smallest absolute Gasteiger partial charge is 0.152 e. The van der Waals surface area contributed by atoms with Gasteiger partial charge in [-0.3, -0.25) is 4.98 Å². The van der Waals surface area contributed by atoms with E-state index in [0.717, 1.165) is 43.0 Å². The Bertz CT molecular complexity index is 853. The van der Waals surface area contributed by atoms with Crippen LogP contribution in [0.2, 0.25) is 0 Å². The minimum absolute atomic E-state index is 0.416. The van der Waals surface area contributed by atoms with Gasteiger partial charge in [0.2, 0.25) is 0 Å². The number of rotatable bonds is 2. The lowest BCUT2D eigenvalue weighted by Gasteiger charge is -2.34. The fourth-order valence-corrected chi connectivity index (χ4v) is 3.05. The molecule has 3 heterocycles. The number of pyridine rings is 1. The summed E-state index contributed by atoms with van der Waals surface area (Å²) in [7, 11) is 2.17. The number of anilines is 2. The summed E-state index contributed by atoms with van der Waals surface area (Å²) in [4.78, 5) is 17.8. The van der Waals surface area contributed by atoms with Gasteiger partial charge in [0, 0.05) is 49.8 Å². The van der Waals surface area contributed by atoms with E-state index in [-0.39, 0.29) is 0 Å². The fourth-order valence-electron chi connectivity index (χ4n) is 3.05. The van der Waals surface area contributed by atoms with Gasteiger partial charge in [0.15, 0.2) is 5.82 Å². The monoisotopic (exact) mass is 320 g/mol. The first-order valence-corrected chi connectivity index (χ1v) is 8.12. The first kappa shape index (κ1) is 14.8. The van der Waals surface area contributed by atoms with E-state index in [0.29, 0.717) is 11.3 Å². The average molecular weight is 320 g/mol. The standard InChI is InChI=1S/C18H20N6/c1-23-8-10-24(11-9-23)14-4-2-13(3-5-14)15-12-16-17(18(19)22-15)21-7-6-20-16/h2-7,12H,8-11H2,1H3,(H2,19,22). The highest BCUT2D eigenvalue weighted by molar-refractivity contribution is 5.87. The van der Waals surface area contributed by atoms with Gasteiger partial charge in [-0.05, 0) is 25.2 Å². The summed E-state index contributed by atoms with van der Waals surface area (Å²) >= 11 is 0. The lowest BCUT2D eigenvalue weighted by Crippen LogP contribution is -2.44. The number of aromatic nitrogens is 3. The van der Waals surface area contributed by atoms with Crippen LogP contribution in [0.3, 0.4) is 0 Å². The number of hydrogen-bond acceptors (Lipinski definition) is 6. The maximum Gasteiger partial charge on any atom is 0.152 e. The van der Waals surface area contributed by atoms with Crippen molar-refractivity contribution >= 4 is 22.5 Å². The number of fused-ring (bicyclic) bond motifs is 1. The molecule has 0 spiro atoms. The molecule has 0 saturated carbocycles. The van der Waals surface area contributed by atoms with Crippen LogP contribution in [0, 0.1) is 0 Å². The lowest BCUT2D eigenvalue weighted by atomic mass is 10.1. The summed E-state index contributed by atoms with van der Waals surface area (Å²) in [5.74, 6) is 0.416. The molecule has 0 unspecified atom stereocenters. The van der Waals surface area contributed by atoms with Gasteiger partial charge in [-0.15, -0.1) is 0 Å². The topological polar surface area (TPSA) is 71.2 Å². The zero-order valence-corrected chi connectivity index (χ0v) is 13.7. The minimum Gasteiger partial charge on any atom is -0.382 e. The van der Waals surface area contributed by atoms with Crippen molar-refractivity contribution in [1.82, 2.24) is 19.9 Å². The van der Waals surface area contributed by atoms with Crippen molar-refractivity contribution in [1.29, 1.82) is 0 Å². The second-order valence-electron chi connectivity index (χ2n) is 6.15. The molecule has 6 heteroatoms. The van der Waals surface area contributed by atoms with Gasteiger partial charge in [-0.2, -0.15) is 0 Å². The van der Waals surface area contributed by atoms with E-state index in [1.807, 2.05) is 6.07 Å². The average Bonchev–Trinajstić information content (AvgIpc) is 2.62. The quantitative estimate of drug-likeness (QED) is 0.779. The molecular weight excluding hydrogens is 300 g/mol. The summed E-state index contributed by atoms with van der Waals surface area (Å²) in [6.07, 6.45) is 3.30. The largest absolute Gasteiger partial charge is 0.382 e. The molecule has 0 bridgehead atoms.